The van der Waals surface area contributed by atoms with Crippen LogP contribution in [0, 0.1) is 19.7 Å². The van der Waals surface area contributed by atoms with Gasteiger partial charge in [0.2, 0.25) is 17.6 Å². The molecule has 14 heteroatoms. The number of rotatable bonds is 11. The van der Waals surface area contributed by atoms with Gasteiger partial charge < -0.3 is 39.4 Å². The predicted octanol–water partition coefficient (Wildman–Crippen LogP) is 5.82. The van der Waals surface area contributed by atoms with Crippen LogP contribution in [0.15, 0.2) is 30.3 Å². The highest BCUT2D eigenvalue weighted by Gasteiger charge is 2.36. The second-order valence-electron chi connectivity index (χ2n) is 11.0. The van der Waals surface area contributed by atoms with Crippen molar-refractivity contribution >= 4 is 46.6 Å². The second kappa shape index (κ2) is 14.8. The molecule has 4 rings (SSSR count). The fourth-order valence-corrected chi connectivity index (χ4v) is 5.74. The summed E-state index contributed by atoms with van der Waals surface area (Å²) in [5.41, 5.74) is 0.737. The number of nitrogens with zero attached hydrogens (tertiary/aromatic N) is 2. The van der Waals surface area contributed by atoms with E-state index in [9.17, 15) is 23.6 Å². The van der Waals surface area contributed by atoms with Crippen LogP contribution < -0.4 is 29.6 Å². The largest absolute Gasteiger partial charge is 0.493 e. The summed E-state index contributed by atoms with van der Waals surface area (Å²) in [7, 11) is 5.57. The summed E-state index contributed by atoms with van der Waals surface area (Å²) in [5.74, 6) is -1.92. The molecule has 0 unspecified atom stereocenters. The van der Waals surface area contributed by atoms with Crippen LogP contribution in [-0.4, -0.2) is 80.9 Å². The smallest absolute Gasteiger partial charge is 0.257 e. The van der Waals surface area contributed by atoms with Crippen molar-refractivity contribution in [1.82, 2.24) is 9.80 Å². The molecule has 0 saturated carbocycles. The number of benzene rings is 3. The SMILES string of the molecule is CCN(CC)C(=O)C[C@H]1C(=O)Nc2cc(NC(=O)c3cc(OC)c(OC)c(OC)c3Cl)c(Oc3cc(C)c(F)c(C)c3)cc2C(=O)N1C. The molecule has 0 bridgehead atoms. The van der Waals surface area contributed by atoms with Crippen molar-refractivity contribution in [2.75, 3.05) is 52.1 Å². The first-order valence-electron chi connectivity index (χ1n) is 15.1. The van der Waals surface area contributed by atoms with Gasteiger partial charge in [-0.25, -0.2) is 4.39 Å². The van der Waals surface area contributed by atoms with Crippen molar-refractivity contribution < 1.29 is 42.5 Å². The third kappa shape index (κ3) is 6.96. The Hall–Kier alpha value is -5.04. The lowest BCUT2D eigenvalue weighted by Crippen LogP contribution is -2.46. The van der Waals surface area contributed by atoms with Crippen LogP contribution in [0.25, 0.3) is 0 Å². The Balaban J connectivity index is 1.83. The van der Waals surface area contributed by atoms with Crippen molar-refractivity contribution in [3.05, 3.63) is 63.4 Å². The number of amides is 4. The van der Waals surface area contributed by atoms with E-state index in [2.05, 4.69) is 10.6 Å². The van der Waals surface area contributed by atoms with Crippen LogP contribution >= 0.6 is 11.6 Å². The molecule has 0 fully saturated rings. The number of hydrogen-bond acceptors (Lipinski definition) is 8. The summed E-state index contributed by atoms with van der Waals surface area (Å²) in [6.07, 6.45) is -0.232. The Morgan fingerprint density at radius 1 is 0.958 bits per heavy atom. The van der Waals surface area contributed by atoms with Crippen molar-refractivity contribution in [2.45, 2.75) is 40.2 Å². The Morgan fingerprint density at radius 3 is 2.15 bits per heavy atom. The minimum absolute atomic E-state index is 0.00439. The van der Waals surface area contributed by atoms with Gasteiger partial charge in [0, 0.05) is 20.1 Å². The molecule has 1 aliphatic rings. The van der Waals surface area contributed by atoms with E-state index in [-0.39, 0.29) is 68.6 Å². The number of likely N-dealkylation sites (N-methyl/N-ethyl adjacent to an activating group) is 1. The van der Waals surface area contributed by atoms with Crippen LogP contribution in [0.5, 0.6) is 28.7 Å². The molecule has 0 aromatic heterocycles. The number of fused-ring (bicyclic) bond motifs is 1. The summed E-state index contributed by atoms with van der Waals surface area (Å²) in [6, 6.07) is 5.94. The molecule has 1 atom stereocenters. The predicted molar refractivity (Wildman–Crippen MR) is 179 cm³/mol. The maximum Gasteiger partial charge on any atom is 0.257 e. The van der Waals surface area contributed by atoms with E-state index in [4.69, 9.17) is 30.5 Å². The van der Waals surface area contributed by atoms with Gasteiger partial charge >= 0.3 is 0 Å². The Bertz CT molecular complexity index is 1760. The number of anilines is 2. The van der Waals surface area contributed by atoms with Crippen molar-refractivity contribution in [3.8, 4) is 28.7 Å². The third-order valence-electron chi connectivity index (χ3n) is 8.08. The lowest BCUT2D eigenvalue weighted by molar-refractivity contribution is -0.134. The summed E-state index contributed by atoms with van der Waals surface area (Å²) in [6.45, 7) is 7.70. The summed E-state index contributed by atoms with van der Waals surface area (Å²) < 4.78 is 36.7. The van der Waals surface area contributed by atoms with Crippen molar-refractivity contribution in [1.29, 1.82) is 0 Å². The van der Waals surface area contributed by atoms with Gasteiger partial charge in [0.25, 0.3) is 11.8 Å². The van der Waals surface area contributed by atoms with Gasteiger partial charge in [-0.05, 0) is 69.2 Å². The monoisotopic (exact) mass is 684 g/mol. The minimum atomic E-state index is -1.11. The van der Waals surface area contributed by atoms with Crippen molar-refractivity contribution in [2.24, 2.45) is 0 Å². The molecule has 1 heterocycles. The number of carbonyl (C=O) groups excluding carboxylic acids is 4. The molecule has 3 aromatic rings. The molecule has 0 spiro atoms. The van der Waals surface area contributed by atoms with E-state index in [1.807, 2.05) is 13.8 Å². The van der Waals surface area contributed by atoms with Gasteiger partial charge in [-0.2, -0.15) is 0 Å². The zero-order chi connectivity index (χ0) is 35.4. The van der Waals surface area contributed by atoms with E-state index < -0.39 is 29.6 Å². The molecule has 4 amide bonds. The van der Waals surface area contributed by atoms with Crippen LogP contribution in [0.2, 0.25) is 5.02 Å². The van der Waals surface area contributed by atoms with E-state index in [0.717, 1.165) is 0 Å². The van der Waals surface area contributed by atoms with Crippen LogP contribution in [0.3, 0.4) is 0 Å². The number of carbonyl (C=O) groups is 4. The molecule has 0 saturated heterocycles. The normalized spacial score (nSPS) is 14.0. The zero-order valence-electron chi connectivity index (χ0n) is 28.0. The van der Waals surface area contributed by atoms with Gasteiger partial charge in [0.05, 0.1) is 55.3 Å². The maximum absolute atomic E-state index is 14.5. The first kappa shape index (κ1) is 35.8. The summed E-state index contributed by atoms with van der Waals surface area (Å²) in [5, 5.41) is 5.41. The molecule has 0 aliphatic carbocycles. The third-order valence-corrected chi connectivity index (χ3v) is 8.46. The topological polar surface area (TPSA) is 136 Å². The summed E-state index contributed by atoms with van der Waals surface area (Å²) >= 11 is 6.57. The molecule has 48 heavy (non-hydrogen) atoms. The van der Waals surface area contributed by atoms with Gasteiger partial charge in [-0.3, -0.25) is 19.2 Å². The average molecular weight is 685 g/mol. The molecular formula is C34H38ClFN4O8. The lowest BCUT2D eigenvalue weighted by atomic mass is 10.1. The van der Waals surface area contributed by atoms with Gasteiger partial charge in [-0.1, -0.05) is 11.6 Å². The number of hydrogen-bond donors (Lipinski definition) is 2. The highest BCUT2D eigenvalue weighted by atomic mass is 35.5. The Labute approximate surface area is 283 Å². The molecule has 1 aliphatic heterocycles. The Morgan fingerprint density at radius 2 is 1.58 bits per heavy atom. The van der Waals surface area contributed by atoms with Crippen LogP contribution in [0.1, 0.15) is 52.1 Å². The summed E-state index contributed by atoms with van der Waals surface area (Å²) in [4.78, 5) is 56.8. The molecular weight excluding hydrogens is 647 g/mol. The number of ether oxygens (including phenoxy) is 4. The fourth-order valence-electron chi connectivity index (χ4n) is 5.43. The first-order chi connectivity index (χ1) is 22.8. The standard InChI is InChI=1S/C34H38ClFN4O8/c1-9-40(10-2)27(41)16-24-33(43)37-22-15-23(38-32(42)21-14-26(45-6)30(46-7)31(47-8)28(21)35)25(13-20(22)34(44)39(24)5)48-19-11-17(3)29(36)18(4)12-19/h11-15,24H,9-10,16H2,1-8H3,(H,37,43)(H,38,42)/t24-/m0/s1. The molecule has 12 nitrogen and oxygen atoms in total. The minimum Gasteiger partial charge on any atom is -0.493 e. The van der Waals surface area contributed by atoms with Gasteiger partial charge in [-0.15, -0.1) is 0 Å². The quantitative estimate of drug-likeness (QED) is 0.258. The number of methoxy groups -OCH3 is 3. The average Bonchev–Trinajstić information content (AvgIpc) is 3.13. The van der Waals surface area contributed by atoms with E-state index >= 15 is 0 Å². The van der Waals surface area contributed by atoms with E-state index in [0.29, 0.717) is 24.2 Å². The molecule has 2 N–H and O–H groups in total. The highest BCUT2D eigenvalue weighted by molar-refractivity contribution is 6.36. The molecule has 3 aromatic carbocycles. The van der Waals surface area contributed by atoms with Crippen LogP contribution in [-0.2, 0) is 9.59 Å². The van der Waals surface area contributed by atoms with Gasteiger partial charge in [0.1, 0.15) is 17.6 Å². The lowest BCUT2D eigenvalue weighted by Gasteiger charge is -2.27. The molecule has 256 valence electrons. The molecule has 0 radical (unpaired) electrons. The van der Waals surface area contributed by atoms with E-state index in [1.165, 1.54) is 63.6 Å². The first-order valence-corrected chi connectivity index (χ1v) is 15.5. The number of nitrogens with one attached hydrogen (secondary N) is 2. The highest BCUT2D eigenvalue weighted by Crippen LogP contribution is 2.45. The number of halogens is 2. The maximum atomic E-state index is 14.5. The second-order valence-corrected chi connectivity index (χ2v) is 11.4. The Kier molecular flexibility index (Phi) is 11.0. The van der Waals surface area contributed by atoms with Gasteiger partial charge in [0.15, 0.2) is 17.2 Å². The fraction of sp³-hybridized carbons (Fsp3) is 0.353. The van der Waals surface area contributed by atoms with Crippen LogP contribution in [0.4, 0.5) is 15.8 Å². The van der Waals surface area contributed by atoms with Crippen molar-refractivity contribution in [3.63, 3.8) is 0 Å². The zero-order valence-corrected chi connectivity index (χ0v) is 28.8. The van der Waals surface area contributed by atoms with E-state index in [1.54, 1.807) is 18.7 Å². The number of aryl methyl sites for hydroxylation is 2.